The summed E-state index contributed by atoms with van der Waals surface area (Å²) < 4.78 is 0. The molecule has 2 rings (SSSR count). The Kier molecular flexibility index (Phi) is 8.24. The van der Waals surface area contributed by atoms with E-state index in [1.165, 1.54) is 0 Å². The van der Waals surface area contributed by atoms with Crippen LogP contribution >= 0.6 is 0 Å². The van der Waals surface area contributed by atoms with Gasteiger partial charge in [0.1, 0.15) is 6.04 Å². The topological polar surface area (TPSA) is 49.4 Å². The summed E-state index contributed by atoms with van der Waals surface area (Å²) in [5.74, 6) is 0.265. The maximum absolute atomic E-state index is 13.3. The zero-order valence-electron chi connectivity index (χ0n) is 17.4. The molecule has 0 fully saturated rings. The van der Waals surface area contributed by atoms with Crippen molar-refractivity contribution in [1.82, 2.24) is 10.2 Å². The summed E-state index contributed by atoms with van der Waals surface area (Å²) in [7, 11) is 0. The van der Waals surface area contributed by atoms with Crippen molar-refractivity contribution in [1.29, 1.82) is 0 Å². The SMILES string of the molecule is CCC(C(=O)NCC(C)C)N(Cc1ccccc1)C(=O)Cc1ccccc1C. The molecule has 0 aliphatic heterocycles. The molecule has 0 saturated heterocycles. The van der Waals surface area contributed by atoms with Gasteiger partial charge in [-0.3, -0.25) is 9.59 Å². The molecule has 0 aliphatic carbocycles. The molecule has 2 aromatic rings. The number of nitrogens with zero attached hydrogens (tertiary/aromatic N) is 1. The van der Waals surface area contributed by atoms with Gasteiger partial charge in [-0.1, -0.05) is 75.4 Å². The molecular weight excluding hydrogens is 348 g/mol. The Morgan fingerprint density at radius 3 is 2.25 bits per heavy atom. The van der Waals surface area contributed by atoms with Gasteiger partial charge in [-0.2, -0.15) is 0 Å². The zero-order chi connectivity index (χ0) is 20.5. The Morgan fingerprint density at radius 2 is 1.64 bits per heavy atom. The number of carbonyl (C=O) groups excluding carboxylic acids is 2. The summed E-state index contributed by atoms with van der Waals surface area (Å²) in [6.45, 7) is 9.13. The lowest BCUT2D eigenvalue weighted by molar-refractivity contribution is -0.141. The van der Waals surface area contributed by atoms with Gasteiger partial charge in [-0.05, 0) is 36.0 Å². The molecule has 4 nitrogen and oxygen atoms in total. The number of benzene rings is 2. The summed E-state index contributed by atoms with van der Waals surface area (Å²) in [6.07, 6.45) is 0.879. The van der Waals surface area contributed by atoms with Crippen molar-refractivity contribution in [2.75, 3.05) is 6.54 Å². The summed E-state index contributed by atoms with van der Waals surface area (Å²) in [5, 5.41) is 3.00. The van der Waals surface area contributed by atoms with Crippen molar-refractivity contribution >= 4 is 11.8 Å². The second-order valence-electron chi connectivity index (χ2n) is 7.67. The Hall–Kier alpha value is -2.62. The largest absolute Gasteiger partial charge is 0.354 e. The van der Waals surface area contributed by atoms with E-state index in [1.807, 2.05) is 68.4 Å². The number of nitrogens with one attached hydrogen (secondary N) is 1. The molecule has 0 heterocycles. The van der Waals surface area contributed by atoms with Crippen molar-refractivity contribution < 1.29 is 9.59 Å². The molecule has 0 saturated carbocycles. The summed E-state index contributed by atoms with van der Waals surface area (Å²) in [5.41, 5.74) is 3.12. The number of rotatable bonds is 9. The number of hydrogen-bond donors (Lipinski definition) is 1. The van der Waals surface area contributed by atoms with Crippen molar-refractivity contribution in [2.24, 2.45) is 5.92 Å². The fourth-order valence-electron chi connectivity index (χ4n) is 3.20. The van der Waals surface area contributed by atoms with E-state index in [9.17, 15) is 9.59 Å². The van der Waals surface area contributed by atoms with Gasteiger partial charge in [0, 0.05) is 13.1 Å². The maximum atomic E-state index is 13.3. The number of aryl methyl sites for hydroxylation is 1. The van der Waals surface area contributed by atoms with E-state index < -0.39 is 6.04 Å². The minimum atomic E-state index is -0.476. The summed E-state index contributed by atoms with van der Waals surface area (Å²) in [4.78, 5) is 27.8. The van der Waals surface area contributed by atoms with Crippen LogP contribution in [0, 0.1) is 12.8 Å². The van der Waals surface area contributed by atoms with Crippen LogP contribution in [0.25, 0.3) is 0 Å². The van der Waals surface area contributed by atoms with E-state index in [-0.39, 0.29) is 11.8 Å². The quantitative estimate of drug-likeness (QED) is 0.711. The smallest absolute Gasteiger partial charge is 0.242 e. The van der Waals surface area contributed by atoms with E-state index in [0.717, 1.165) is 16.7 Å². The highest BCUT2D eigenvalue weighted by Gasteiger charge is 2.28. The maximum Gasteiger partial charge on any atom is 0.242 e. The highest BCUT2D eigenvalue weighted by atomic mass is 16.2. The molecular formula is C24H32N2O2. The van der Waals surface area contributed by atoms with Gasteiger partial charge in [-0.15, -0.1) is 0 Å². The van der Waals surface area contributed by atoms with Gasteiger partial charge < -0.3 is 10.2 Å². The van der Waals surface area contributed by atoms with Crippen LogP contribution in [-0.4, -0.2) is 29.3 Å². The van der Waals surface area contributed by atoms with Gasteiger partial charge in [0.25, 0.3) is 0 Å². The molecule has 0 bridgehead atoms. The summed E-state index contributed by atoms with van der Waals surface area (Å²) >= 11 is 0. The Balaban J connectivity index is 2.25. The van der Waals surface area contributed by atoms with Gasteiger partial charge >= 0.3 is 0 Å². The molecule has 2 aromatic carbocycles. The molecule has 0 spiro atoms. The van der Waals surface area contributed by atoms with Gasteiger partial charge in [0.05, 0.1) is 6.42 Å². The lowest BCUT2D eigenvalue weighted by Gasteiger charge is -2.31. The molecule has 4 heteroatoms. The van der Waals surface area contributed by atoms with Crippen LogP contribution in [0.4, 0.5) is 0 Å². The van der Waals surface area contributed by atoms with E-state index in [0.29, 0.717) is 31.8 Å². The van der Waals surface area contributed by atoms with E-state index in [1.54, 1.807) is 4.90 Å². The molecule has 0 aromatic heterocycles. The summed E-state index contributed by atoms with van der Waals surface area (Å²) in [6, 6.07) is 17.3. The standard InChI is InChI=1S/C24H32N2O2/c1-5-22(24(28)25-16-18(2)3)26(17-20-12-7-6-8-13-20)23(27)15-21-14-10-9-11-19(21)4/h6-14,18,22H,5,15-17H2,1-4H3,(H,25,28). The van der Waals surface area contributed by atoms with Crippen molar-refractivity contribution in [3.63, 3.8) is 0 Å². The van der Waals surface area contributed by atoms with E-state index in [2.05, 4.69) is 19.2 Å². The molecule has 150 valence electrons. The minimum Gasteiger partial charge on any atom is -0.354 e. The Bertz CT molecular complexity index is 771. The highest BCUT2D eigenvalue weighted by Crippen LogP contribution is 2.16. The molecule has 2 amide bonds. The fraction of sp³-hybridized carbons (Fsp3) is 0.417. The Labute approximate surface area is 169 Å². The average Bonchev–Trinajstić information content (AvgIpc) is 2.68. The monoisotopic (exact) mass is 380 g/mol. The molecule has 0 radical (unpaired) electrons. The molecule has 0 aliphatic rings. The van der Waals surface area contributed by atoms with Crippen LogP contribution in [0.1, 0.15) is 43.9 Å². The normalized spacial score (nSPS) is 11.9. The third-order valence-electron chi connectivity index (χ3n) is 4.87. The van der Waals surface area contributed by atoms with Crippen LogP contribution in [-0.2, 0) is 22.6 Å². The van der Waals surface area contributed by atoms with Gasteiger partial charge in [0.15, 0.2) is 0 Å². The fourth-order valence-corrected chi connectivity index (χ4v) is 3.20. The van der Waals surface area contributed by atoms with E-state index in [4.69, 9.17) is 0 Å². The first kappa shape index (κ1) is 21.7. The van der Waals surface area contributed by atoms with Gasteiger partial charge in [0.2, 0.25) is 11.8 Å². The number of carbonyl (C=O) groups is 2. The first-order valence-corrected chi connectivity index (χ1v) is 10.1. The van der Waals surface area contributed by atoms with Crippen molar-refractivity contribution in [2.45, 2.75) is 53.1 Å². The predicted octanol–water partition coefficient (Wildman–Crippen LogP) is 4.12. The molecule has 1 N–H and O–H groups in total. The van der Waals surface area contributed by atoms with Crippen LogP contribution in [0.2, 0.25) is 0 Å². The van der Waals surface area contributed by atoms with Gasteiger partial charge in [-0.25, -0.2) is 0 Å². The molecule has 28 heavy (non-hydrogen) atoms. The first-order valence-electron chi connectivity index (χ1n) is 10.1. The van der Waals surface area contributed by atoms with Crippen LogP contribution in [0.5, 0.6) is 0 Å². The second-order valence-corrected chi connectivity index (χ2v) is 7.67. The van der Waals surface area contributed by atoms with Crippen LogP contribution < -0.4 is 5.32 Å². The third kappa shape index (κ3) is 6.22. The average molecular weight is 381 g/mol. The van der Waals surface area contributed by atoms with Crippen molar-refractivity contribution in [3.8, 4) is 0 Å². The van der Waals surface area contributed by atoms with Crippen LogP contribution in [0.15, 0.2) is 54.6 Å². The first-order chi connectivity index (χ1) is 13.4. The number of amides is 2. The highest BCUT2D eigenvalue weighted by molar-refractivity contribution is 5.88. The second kappa shape index (κ2) is 10.6. The third-order valence-corrected chi connectivity index (χ3v) is 4.87. The number of hydrogen-bond acceptors (Lipinski definition) is 2. The zero-order valence-corrected chi connectivity index (χ0v) is 17.4. The molecule has 1 atom stereocenters. The minimum absolute atomic E-state index is 0.0234. The van der Waals surface area contributed by atoms with E-state index >= 15 is 0 Å². The van der Waals surface area contributed by atoms with Crippen molar-refractivity contribution in [3.05, 3.63) is 71.3 Å². The lowest BCUT2D eigenvalue weighted by atomic mass is 10.0. The van der Waals surface area contributed by atoms with Crippen LogP contribution in [0.3, 0.4) is 0 Å². The Morgan fingerprint density at radius 1 is 1.00 bits per heavy atom. The molecule has 1 unspecified atom stereocenters. The predicted molar refractivity (Wildman–Crippen MR) is 114 cm³/mol. The lowest BCUT2D eigenvalue weighted by Crippen LogP contribution is -2.50.